The van der Waals surface area contributed by atoms with Gasteiger partial charge in [0.25, 0.3) is 0 Å². The second-order valence-corrected chi connectivity index (χ2v) is 3.46. The van der Waals surface area contributed by atoms with Gasteiger partial charge in [-0.05, 0) is 19.3 Å². The van der Waals surface area contributed by atoms with Gasteiger partial charge >= 0.3 is 5.97 Å². The first kappa shape index (κ1) is 10.8. The molecule has 0 aromatic rings. The van der Waals surface area contributed by atoms with Gasteiger partial charge in [-0.2, -0.15) is 12.6 Å². The molecule has 0 spiro atoms. The zero-order valence-electron chi connectivity index (χ0n) is 6.92. The Morgan fingerprint density at radius 1 is 1.55 bits per heavy atom. The minimum absolute atomic E-state index is 0.279. The molecule has 0 fully saturated rings. The molecule has 11 heavy (non-hydrogen) atoms. The number of carbonyl (C=O) groups is 1. The van der Waals surface area contributed by atoms with Gasteiger partial charge in [-0.1, -0.05) is 13.3 Å². The van der Waals surface area contributed by atoms with Crippen LogP contribution in [-0.4, -0.2) is 16.3 Å². The summed E-state index contributed by atoms with van der Waals surface area (Å²) in [5, 5.41) is 8.72. The van der Waals surface area contributed by atoms with Crippen molar-refractivity contribution < 1.29 is 9.90 Å². The average Bonchev–Trinajstić information content (AvgIpc) is 1.87. The standard InChI is InChI=1S/C8H16O2S/c1-2-4-7(11)5-3-6-8(9)10/h7,11H,2-6H2,1H3,(H,9,10)/t7-/m0/s1. The molecule has 0 radical (unpaired) electrons. The lowest BCUT2D eigenvalue weighted by atomic mass is 10.1. The molecule has 0 bridgehead atoms. The molecule has 1 atom stereocenters. The highest BCUT2D eigenvalue weighted by molar-refractivity contribution is 7.80. The number of rotatable bonds is 6. The van der Waals surface area contributed by atoms with Crippen molar-refractivity contribution in [2.24, 2.45) is 0 Å². The third-order valence-electron chi connectivity index (χ3n) is 1.55. The van der Waals surface area contributed by atoms with Gasteiger partial charge in [-0.25, -0.2) is 0 Å². The normalized spacial score (nSPS) is 12.9. The first-order chi connectivity index (χ1) is 5.16. The molecule has 1 N–H and O–H groups in total. The summed E-state index contributed by atoms with van der Waals surface area (Å²) < 4.78 is 0. The summed E-state index contributed by atoms with van der Waals surface area (Å²) in [5.74, 6) is -0.706. The van der Waals surface area contributed by atoms with Gasteiger partial charge in [0.15, 0.2) is 0 Å². The summed E-state index contributed by atoms with van der Waals surface area (Å²) in [4.78, 5) is 10.1. The minimum atomic E-state index is -0.706. The third kappa shape index (κ3) is 7.72. The third-order valence-corrected chi connectivity index (χ3v) is 2.07. The van der Waals surface area contributed by atoms with Crippen LogP contribution in [0.3, 0.4) is 0 Å². The Morgan fingerprint density at radius 2 is 2.18 bits per heavy atom. The fourth-order valence-electron chi connectivity index (χ4n) is 0.966. The number of aliphatic carboxylic acids is 1. The predicted molar refractivity (Wildman–Crippen MR) is 49.2 cm³/mol. The quantitative estimate of drug-likeness (QED) is 0.609. The fraction of sp³-hybridized carbons (Fsp3) is 0.875. The Morgan fingerprint density at radius 3 is 2.64 bits per heavy atom. The molecule has 66 valence electrons. The fourth-order valence-corrected chi connectivity index (χ4v) is 1.41. The van der Waals surface area contributed by atoms with E-state index in [4.69, 9.17) is 5.11 Å². The number of carboxylic acid groups (broad SMARTS) is 1. The maximum Gasteiger partial charge on any atom is 0.303 e. The van der Waals surface area contributed by atoms with Gasteiger partial charge in [0, 0.05) is 11.7 Å². The Labute approximate surface area is 73.4 Å². The van der Waals surface area contributed by atoms with Gasteiger partial charge < -0.3 is 5.11 Å². The van der Waals surface area contributed by atoms with Crippen LogP contribution in [0.4, 0.5) is 0 Å². The van der Waals surface area contributed by atoms with Crippen LogP contribution in [0.25, 0.3) is 0 Å². The van der Waals surface area contributed by atoms with Crippen LogP contribution in [0.2, 0.25) is 0 Å². The molecule has 0 aromatic carbocycles. The van der Waals surface area contributed by atoms with Crippen molar-refractivity contribution >= 4 is 18.6 Å². The van der Waals surface area contributed by atoms with E-state index in [1.165, 1.54) is 0 Å². The molecule has 0 heterocycles. The van der Waals surface area contributed by atoms with Crippen molar-refractivity contribution in [1.82, 2.24) is 0 Å². The van der Waals surface area contributed by atoms with Crippen LogP contribution in [0, 0.1) is 0 Å². The summed E-state index contributed by atoms with van der Waals surface area (Å²) in [6.45, 7) is 2.11. The zero-order valence-corrected chi connectivity index (χ0v) is 7.81. The maximum absolute atomic E-state index is 10.1. The van der Waals surface area contributed by atoms with E-state index in [0.717, 1.165) is 25.7 Å². The van der Waals surface area contributed by atoms with E-state index in [0.29, 0.717) is 5.25 Å². The molecular weight excluding hydrogens is 160 g/mol. The van der Waals surface area contributed by atoms with Crippen LogP contribution in [0.5, 0.6) is 0 Å². The molecule has 3 heteroatoms. The summed E-state index contributed by atoms with van der Waals surface area (Å²) in [5.41, 5.74) is 0. The number of thiol groups is 1. The summed E-state index contributed by atoms with van der Waals surface area (Å²) in [6, 6.07) is 0. The minimum Gasteiger partial charge on any atom is -0.481 e. The Kier molecular flexibility index (Phi) is 6.42. The van der Waals surface area contributed by atoms with Gasteiger partial charge in [0.05, 0.1) is 0 Å². The van der Waals surface area contributed by atoms with Crippen LogP contribution in [-0.2, 0) is 4.79 Å². The van der Waals surface area contributed by atoms with E-state index in [9.17, 15) is 4.79 Å². The zero-order chi connectivity index (χ0) is 8.69. The Hall–Kier alpha value is -0.180. The molecule has 0 aromatic heterocycles. The van der Waals surface area contributed by atoms with Crippen molar-refractivity contribution in [2.75, 3.05) is 0 Å². The maximum atomic E-state index is 10.1. The predicted octanol–water partition coefficient (Wildman–Crippen LogP) is 2.34. The second kappa shape index (κ2) is 6.53. The Balaban J connectivity index is 3.16. The van der Waals surface area contributed by atoms with Crippen molar-refractivity contribution in [3.8, 4) is 0 Å². The van der Waals surface area contributed by atoms with Crippen molar-refractivity contribution in [2.45, 2.75) is 44.3 Å². The lowest BCUT2D eigenvalue weighted by Crippen LogP contribution is -2.00. The molecule has 0 rings (SSSR count). The van der Waals surface area contributed by atoms with Crippen LogP contribution in [0.15, 0.2) is 0 Å². The molecule has 0 aliphatic carbocycles. The Bertz CT molecular complexity index is 115. The van der Waals surface area contributed by atoms with Gasteiger partial charge in [-0.3, -0.25) is 4.79 Å². The van der Waals surface area contributed by atoms with E-state index >= 15 is 0 Å². The highest BCUT2D eigenvalue weighted by atomic mass is 32.1. The summed E-state index contributed by atoms with van der Waals surface area (Å²) >= 11 is 4.32. The first-order valence-corrected chi connectivity index (χ1v) is 4.58. The van der Waals surface area contributed by atoms with Gasteiger partial charge in [0.2, 0.25) is 0 Å². The first-order valence-electron chi connectivity index (χ1n) is 4.06. The topological polar surface area (TPSA) is 37.3 Å². The number of hydrogen-bond acceptors (Lipinski definition) is 2. The van der Waals surface area contributed by atoms with Crippen LogP contribution >= 0.6 is 12.6 Å². The lowest BCUT2D eigenvalue weighted by molar-refractivity contribution is -0.137. The smallest absolute Gasteiger partial charge is 0.303 e. The molecule has 0 saturated heterocycles. The van der Waals surface area contributed by atoms with E-state index in [2.05, 4.69) is 19.6 Å². The molecule has 0 amide bonds. The van der Waals surface area contributed by atoms with Crippen molar-refractivity contribution in [1.29, 1.82) is 0 Å². The van der Waals surface area contributed by atoms with E-state index < -0.39 is 5.97 Å². The van der Waals surface area contributed by atoms with E-state index in [1.54, 1.807) is 0 Å². The number of carboxylic acids is 1. The summed E-state index contributed by atoms with van der Waals surface area (Å²) in [6.07, 6.45) is 4.16. The molecule has 0 aliphatic heterocycles. The highest BCUT2D eigenvalue weighted by Crippen LogP contribution is 2.12. The molecular formula is C8H16O2S. The van der Waals surface area contributed by atoms with E-state index in [1.807, 2.05) is 0 Å². The molecule has 0 saturated carbocycles. The monoisotopic (exact) mass is 176 g/mol. The van der Waals surface area contributed by atoms with Gasteiger partial charge in [-0.15, -0.1) is 0 Å². The SMILES string of the molecule is CCC[C@H](S)CCCC(=O)O. The van der Waals surface area contributed by atoms with E-state index in [-0.39, 0.29) is 6.42 Å². The van der Waals surface area contributed by atoms with Crippen molar-refractivity contribution in [3.63, 3.8) is 0 Å². The summed E-state index contributed by atoms with van der Waals surface area (Å²) in [7, 11) is 0. The van der Waals surface area contributed by atoms with Crippen LogP contribution < -0.4 is 0 Å². The van der Waals surface area contributed by atoms with Gasteiger partial charge in [0.1, 0.15) is 0 Å². The van der Waals surface area contributed by atoms with Crippen molar-refractivity contribution in [3.05, 3.63) is 0 Å². The molecule has 0 aliphatic rings. The number of hydrogen-bond donors (Lipinski definition) is 2. The lowest BCUT2D eigenvalue weighted by Gasteiger charge is -2.06. The molecule has 0 unspecified atom stereocenters. The van der Waals surface area contributed by atoms with Crippen LogP contribution in [0.1, 0.15) is 39.0 Å². The largest absolute Gasteiger partial charge is 0.481 e. The second-order valence-electron chi connectivity index (χ2n) is 2.73. The average molecular weight is 176 g/mol. The highest BCUT2D eigenvalue weighted by Gasteiger charge is 2.02. The molecule has 2 nitrogen and oxygen atoms in total.